The van der Waals surface area contributed by atoms with Crippen LogP contribution in [-0.4, -0.2) is 72.2 Å². The number of aromatic nitrogens is 7. The maximum absolute atomic E-state index is 14.8. The van der Waals surface area contributed by atoms with Crippen LogP contribution in [0.3, 0.4) is 0 Å². The number of rotatable bonds is 9. The predicted octanol–water partition coefficient (Wildman–Crippen LogP) is 5.59. The molecule has 1 aliphatic heterocycles. The van der Waals surface area contributed by atoms with Crippen LogP contribution in [-0.2, 0) is 4.79 Å². The zero-order valence-electron chi connectivity index (χ0n) is 24.4. The zero-order chi connectivity index (χ0) is 30.3. The highest BCUT2D eigenvalue weighted by molar-refractivity contribution is 5.96. The molecule has 8 rings (SSSR count). The Labute approximate surface area is 257 Å². The molecule has 1 saturated carbocycles. The van der Waals surface area contributed by atoms with E-state index in [0.29, 0.717) is 57.5 Å². The molecule has 0 atom stereocenters. The highest BCUT2D eigenvalue weighted by Crippen LogP contribution is 2.33. The van der Waals surface area contributed by atoms with E-state index in [2.05, 4.69) is 35.4 Å². The lowest BCUT2D eigenvalue weighted by Crippen LogP contribution is -2.25. The lowest BCUT2D eigenvalue weighted by molar-refractivity contribution is -0.117. The third-order valence-corrected chi connectivity index (χ3v) is 8.30. The number of hydrogen-bond acceptors (Lipinski definition) is 8. The quantitative estimate of drug-likeness (QED) is 0.195. The molecule has 1 saturated heterocycles. The molecule has 1 aromatic carbocycles. The number of pyridine rings is 3. The minimum absolute atomic E-state index is 0.0211. The van der Waals surface area contributed by atoms with Gasteiger partial charge in [0.15, 0.2) is 11.5 Å². The van der Waals surface area contributed by atoms with Crippen molar-refractivity contribution in [3.05, 3.63) is 66.9 Å². The van der Waals surface area contributed by atoms with E-state index in [-0.39, 0.29) is 11.8 Å². The molecule has 5 aromatic heterocycles. The van der Waals surface area contributed by atoms with Gasteiger partial charge in [-0.25, -0.2) is 14.4 Å². The molecule has 6 heterocycles. The molecule has 0 bridgehead atoms. The molecule has 0 spiro atoms. The molecule has 6 aromatic rings. The highest BCUT2D eigenvalue weighted by atomic mass is 19.1. The summed E-state index contributed by atoms with van der Waals surface area (Å²) >= 11 is 0. The van der Waals surface area contributed by atoms with E-state index in [1.807, 2.05) is 24.3 Å². The third kappa shape index (κ3) is 5.60. The van der Waals surface area contributed by atoms with Gasteiger partial charge in [-0.15, -0.1) is 0 Å². The van der Waals surface area contributed by atoms with Gasteiger partial charge in [0.1, 0.15) is 29.2 Å². The molecule has 0 unspecified atom stereocenters. The maximum Gasteiger partial charge on any atom is 0.227 e. The van der Waals surface area contributed by atoms with Crippen LogP contribution in [0.25, 0.3) is 56.1 Å². The van der Waals surface area contributed by atoms with E-state index in [1.54, 1.807) is 24.7 Å². The normalized spacial score (nSPS) is 15.2. The second-order valence-corrected chi connectivity index (χ2v) is 11.6. The molecule has 45 heavy (non-hydrogen) atoms. The first-order chi connectivity index (χ1) is 22.1. The Bertz CT molecular complexity index is 2050. The van der Waals surface area contributed by atoms with Crippen LogP contribution in [0.15, 0.2) is 61.1 Å². The summed E-state index contributed by atoms with van der Waals surface area (Å²) in [5.74, 6) is 0.667. The fraction of sp³-hybridized carbons (Fsp3) is 0.273. The Morgan fingerprint density at radius 1 is 0.978 bits per heavy atom. The van der Waals surface area contributed by atoms with Gasteiger partial charge in [-0.2, -0.15) is 5.10 Å². The smallest absolute Gasteiger partial charge is 0.227 e. The summed E-state index contributed by atoms with van der Waals surface area (Å²) in [7, 11) is 0. The van der Waals surface area contributed by atoms with E-state index >= 15 is 0 Å². The molecule has 0 radical (unpaired) electrons. The van der Waals surface area contributed by atoms with Crippen molar-refractivity contribution in [2.75, 3.05) is 31.6 Å². The number of H-pyrrole nitrogens is 2. The molecule has 3 N–H and O–H groups in total. The first-order valence-electron chi connectivity index (χ1n) is 15.2. The number of likely N-dealkylation sites (tertiary alicyclic amines) is 1. The van der Waals surface area contributed by atoms with Crippen molar-refractivity contribution in [3.8, 4) is 39.8 Å². The summed E-state index contributed by atoms with van der Waals surface area (Å²) in [6.45, 7) is 3.47. The standard InChI is InChI=1S/C33H30FN9O2/c34-22-13-20(15-24(16-22)45-12-11-43-9-1-2-10-43)28-29-26(7-8-36-28)39-32(40-29)31-30-27(41-42-31)6-5-25(38-30)21-14-23(18-35-17-21)37-33(44)19-3-4-19/h5-8,13-19H,1-4,9-12H2,(H,37,44)(H,39,40)(H,41,42). The van der Waals surface area contributed by atoms with Gasteiger partial charge >= 0.3 is 0 Å². The van der Waals surface area contributed by atoms with E-state index in [4.69, 9.17) is 14.7 Å². The number of amides is 1. The Hall–Kier alpha value is -5.23. The molecule has 2 aliphatic rings. The topological polar surface area (TPSA) is 138 Å². The van der Waals surface area contributed by atoms with E-state index in [9.17, 15) is 9.18 Å². The van der Waals surface area contributed by atoms with Crippen molar-refractivity contribution >= 4 is 33.7 Å². The van der Waals surface area contributed by atoms with Crippen LogP contribution >= 0.6 is 0 Å². The van der Waals surface area contributed by atoms with Gasteiger partial charge in [-0.05, 0) is 75.2 Å². The summed E-state index contributed by atoms with van der Waals surface area (Å²) < 4.78 is 20.7. The van der Waals surface area contributed by atoms with Crippen molar-refractivity contribution < 1.29 is 13.9 Å². The number of halogens is 1. The average molecular weight is 604 g/mol. The molecule has 12 heteroatoms. The fourth-order valence-corrected chi connectivity index (χ4v) is 5.80. The SMILES string of the molecule is O=C(Nc1cncc(-c2ccc3[nH]nc(-c4nc5c(-c6cc(F)cc(OCCN7CCCC7)c6)nccc5[nH]4)c3n2)c1)C1CC1. The number of anilines is 1. The van der Waals surface area contributed by atoms with E-state index in [0.717, 1.165) is 49.1 Å². The largest absolute Gasteiger partial charge is 0.492 e. The van der Waals surface area contributed by atoms with Crippen molar-refractivity contribution in [2.45, 2.75) is 25.7 Å². The molecule has 226 valence electrons. The molecular formula is C33H30FN9O2. The number of hydrogen-bond donors (Lipinski definition) is 3. The molecule has 1 aliphatic carbocycles. The van der Waals surface area contributed by atoms with Crippen LogP contribution in [0.1, 0.15) is 25.7 Å². The first kappa shape index (κ1) is 27.3. The Balaban J connectivity index is 1.10. The van der Waals surface area contributed by atoms with Crippen molar-refractivity contribution in [1.82, 2.24) is 40.0 Å². The van der Waals surface area contributed by atoms with Gasteiger partial charge in [0.05, 0.1) is 34.3 Å². The summed E-state index contributed by atoms with van der Waals surface area (Å²) in [6, 6.07) is 12.1. The molecule has 2 fully saturated rings. The average Bonchev–Trinajstić information content (AvgIpc) is 3.40. The number of fused-ring (bicyclic) bond motifs is 2. The minimum Gasteiger partial charge on any atom is -0.492 e. The van der Waals surface area contributed by atoms with Crippen LogP contribution in [0, 0.1) is 11.7 Å². The molecule has 1 amide bonds. The molecular weight excluding hydrogens is 573 g/mol. The zero-order valence-corrected chi connectivity index (χ0v) is 24.4. The van der Waals surface area contributed by atoms with Crippen molar-refractivity contribution in [1.29, 1.82) is 0 Å². The minimum atomic E-state index is -0.404. The lowest BCUT2D eigenvalue weighted by Gasteiger charge is -2.15. The van der Waals surface area contributed by atoms with Crippen molar-refractivity contribution in [2.24, 2.45) is 5.92 Å². The van der Waals surface area contributed by atoms with Gasteiger partial charge in [0, 0.05) is 42.0 Å². The van der Waals surface area contributed by atoms with Gasteiger partial charge in [-0.3, -0.25) is 24.8 Å². The van der Waals surface area contributed by atoms with Gasteiger partial charge in [0.25, 0.3) is 0 Å². The first-order valence-corrected chi connectivity index (χ1v) is 15.2. The third-order valence-electron chi connectivity index (χ3n) is 8.30. The van der Waals surface area contributed by atoms with Gasteiger partial charge < -0.3 is 15.0 Å². The Morgan fingerprint density at radius 3 is 2.71 bits per heavy atom. The number of nitrogens with one attached hydrogen (secondary N) is 3. The van der Waals surface area contributed by atoms with Crippen LogP contribution in [0.4, 0.5) is 10.1 Å². The monoisotopic (exact) mass is 603 g/mol. The van der Waals surface area contributed by atoms with E-state index in [1.165, 1.54) is 25.0 Å². The summed E-state index contributed by atoms with van der Waals surface area (Å²) in [6.07, 6.45) is 9.29. The highest BCUT2D eigenvalue weighted by Gasteiger charge is 2.29. The van der Waals surface area contributed by atoms with Gasteiger partial charge in [0.2, 0.25) is 5.91 Å². The van der Waals surface area contributed by atoms with Gasteiger partial charge in [-0.1, -0.05) is 0 Å². The van der Waals surface area contributed by atoms with Crippen LogP contribution < -0.4 is 10.1 Å². The second kappa shape index (κ2) is 11.4. The van der Waals surface area contributed by atoms with E-state index < -0.39 is 5.82 Å². The second-order valence-electron chi connectivity index (χ2n) is 11.6. The van der Waals surface area contributed by atoms with Crippen LogP contribution in [0.2, 0.25) is 0 Å². The molecule has 11 nitrogen and oxygen atoms in total. The fourth-order valence-electron chi connectivity index (χ4n) is 5.80. The summed E-state index contributed by atoms with van der Waals surface area (Å²) in [5.41, 5.74) is 6.37. The Morgan fingerprint density at radius 2 is 1.84 bits per heavy atom. The number of imidazole rings is 1. The number of nitrogens with zero attached hydrogens (tertiary/aromatic N) is 6. The number of ether oxygens (including phenoxy) is 1. The maximum atomic E-state index is 14.8. The summed E-state index contributed by atoms with van der Waals surface area (Å²) in [5, 5.41) is 10.5. The number of benzene rings is 1. The van der Waals surface area contributed by atoms with Crippen molar-refractivity contribution in [3.63, 3.8) is 0 Å². The lowest BCUT2D eigenvalue weighted by atomic mass is 10.1. The number of aromatic amines is 2. The summed E-state index contributed by atoms with van der Waals surface area (Å²) in [4.78, 5) is 36.6. The Kier molecular flexibility index (Phi) is 6.90. The predicted molar refractivity (Wildman–Crippen MR) is 168 cm³/mol. The van der Waals surface area contributed by atoms with Crippen LogP contribution in [0.5, 0.6) is 5.75 Å². The number of carbonyl (C=O) groups excluding carboxylic acids is 1. The number of carbonyl (C=O) groups is 1.